The summed E-state index contributed by atoms with van der Waals surface area (Å²) in [5, 5.41) is 16.7. The van der Waals surface area contributed by atoms with Crippen LogP contribution in [-0.2, 0) is 59.4 Å². The molecule has 0 saturated carbocycles. The Morgan fingerprint density at radius 1 is 0.807 bits per heavy atom. The number of carbonyl (C=O) groups excluding carboxylic acids is 9. The predicted octanol–water partition coefficient (Wildman–Crippen LogP) is 3.82. The molecule has 3 atom stereocenters. The number of carboxylic acid groups (broad SMARTS) is 1. The first-order chi connectivity index (χ1) is 39.5. The first-order valence-electron chi connectivity index (χ1n) is 26.2. The number of fused-ring (bicyclic) bond motifs is 2. The molecule has 1 aliphatic rings. The zero-order valence-corrected chi connectivity index (χ0v) is 47.3. The summed E-state index contributed by atoms with van der Waals surface area (Å²) in [6.45, 7) is 7.22. The molecule has 7 rings (SSSR count). The van der Waals surface area contributed by atoms with Crippen molar-refractivity contribution in [2.24, 2.45) is 17.4 Å². The van der Waals surface area contributed by atoms with Crippen molar-refractivity contribution < 1.29 is 76.1 Å². The molecule has 83 heavy (non-hydrogen) atoms. The number of ether oxygens (including phenoxy) is 3. The highest BCUT2D eigenvalue weighted by atomic mass is 32.2. The van der Waals surface area contributed by atoms with Gasteiger partial charge in [-0.3, -0.25) is 63.5 Å². The number of nitrogens with zero attached hydrogens (tertiary/aromatic N) is 7. The Morgan fingerprint density at radius 3 is 1.82 bits per heavy atom. The van der Waals surface area contributed by atoms with Crippen LogP contribution >= 0.6 is 11.8 Å². The van der Waals surface area contributed by atoms with Crippen LogP contribution in [0.15, 0.2) is 45.3 Å². The summed E-state index contributed by atoms with van der Waals surface area (Å²) in [6.07, 6.45) is 4.55. The predicted molar refractivity (Wildman–Crippen MR) is 297 cm³/mol. The van der Waals surface area contributed by atoms with Crippen LogP contribution in [0.3, 0.4) is 0 Å². The molecule has 7 amide bonds. The molecule has 29 heteroatoms. The summed E-state index contributed by atoms with van der Waals surface area (Å²) in [5.74, 6) is -7.82. The van der Waals surface area contributed by atoms with Gasteiger partial charge in [0.1, 0.15) is 29.1 Å². The Hall–Kier alpha value is -9.41. The molecule has 1 fully saturated rings. The van der Waals surface area contributed by atoms with E-state index in [2.05, 4.69) is 35.9 Å². The highest BCUT2D eigenvalue weighted by Gasteiger charge is 2.39. The third-order valence-electron chi connectivity index (χ3n) is 13.1. The number of esters is 1. The third-order valence-corrected chi connectivity index (χ3v) is 14.1. The van der Waals surface area contributed by atoms with Crippen molar-refractivity contribution in [3.05, 3.63) is 82.2 Å². The fourth-order valence-corrected chi connectivity index (χ4v) is 9.70. The number of amides is 7. The SMILES string of the molecule is CCc1nc(C)oc1C(=O)Nc1nc2cc(C(N)=O)cc(OC)c2n1C/C=C/Cn1c(NC(=O)c2oc(C)nc2CC)nc2cc(C(N)=O)cc(OCCCOC(=O)[C@@H](C)CC(=O)[C@H](CCC(=O)O)NC(=O)CN3C(=O)CC(SC)C3=O)c21. The van der Waals surface area contributed by atoms with Crippen LogP contribution in [-0.4, -0.2) is 143 Å². The molecular weight excluding hydrogens is 1100 g/mol. The fraction of sp³-hybridized carbons (Fsp3) is 0.407. The van der Waals surface area contributed by atoms with Gasteiger partial charge in [-0.25, -0.2) is 19.9 Å². The van der Waals surface area contributed by atoms with Gasteiger partial charge in [0.05, 0.1) is 60.0 Å². The van der Waals surface area contributed by atoms with Gasteiger partial charge in [0, 0.05) is 63.7 Å². The number of thioether (sulfide) groups is 1. The lowest BCUT2D eigenvalue weighted by atomic mass is 9.97. The second-order valence-electron chi connectivity index (χ2n) is 19.1. The summed E-state index contributed by atoms with van der Waals surface area (Å²) >= 11 is 1.16. The second kappa shape index (κ2) is 26.9. The number of ketones is 1. The lowest BCUT2D eigenvalue weighted by Gasteiger charge is -2.21. The summed E-state index contributed by atoms with van der Waals surface area (Å²) in [5.41, 5.74) is 13.4. The number of nitrogens with one attached hydrogen (secondary N) is 3. The Labute approximate surface area is 477 Å². The molecule has 0 spiro atoms. The number of oxazole rings is 2. The van der Waals surface area contributed by atoms with Gasteiger partial charge in [-0.15, -0.1) is 0 Å². The lowest BCUT2D eigenvalue weighted by molar-refractivity contribution is -0.150. The normalized spacial score (nSPS) is 14.1. The van der Waals surface area contributed by atoms with Crippen LogP contribution in [0.2, 0.25) is 0 Å². The molecule has 1 unspecified atom stereocenters. The fourth-order valence-electron chi connectivity index (χ4n) is 9.06. The highest BCUT2D eigenvalue weighted by Crippen LogP contribution is 2.34. The van der Waals surface area contributed by atoms with E-state index in [9.17, 15) is 53.1 Å². The molecular formula is C54H62N12O16S. The number of imidazole rings is 2. The van der Waals surface area contributed by atoms with Gasteiger partial charge in [0.25, 0.3) is 11.8 Å². The van der Waals surface area contributed by atoms with Gasteiger partial charge in [0.15, 0.2) is 17.6 Å². The topological polar surface area (TPSA) is 398 Å². The Morgan fingerprint density at radius 2 is 1.34 bits per heavy atom. The molecule has 1 aliphatic heterocycles. The van der Waals surface area contributed by atoms with Crippen LogP contribution in [0.4, 0.5) is 11.9 Å². The van der Waals surface area contributed by atoms with Gasteiger partial charge in [0.2, 0.25) is 53.0 Å². The Bertz CT molecular complexity index is 3580. The van der Waals surface area contributed by atoms with Crippen molar-refractivity contribution in [2.75, 3.05) is 43.8 Å². The number of imide groups is 1. The first-order valence-corrected chi connectivity index (χ1v) is 27.5. The molecule has 6 aromatic rings. The summed E-state index contributed by atoms with van der Waals surface area (Å²) in [6, 6.07) is 4.34. The maximum absolute atomic E-state index is 13.9. The van der Waals surface area contributed by atoms with Crippen LogP contribution in [0.1, 0.15) is 118 Å². The maximum atomic E-state index is 13.9. The van der Waals surface area contributed by atoms with Gasteiger partial charge in [-0.05, 0) is 49.8 Å². The molecule has 0 bridgehead atoms. The number of anilines is 2. The number of carboxylic acids is 1. The van der Waals surface area contributed by atoms with Gasteiger partial charge in [-0.2, -0.15) is 11.8 Å². The van der Waals surface area contributed by atoms with Crippen LogP contribution in [0, 0.1) is 19.8 Å². The molecule has 4 aromatic heterocycles. The Kier molecular flexibility index (Phi) is 19.8. The highest BCUT2D eigenvalue weighted by molar-refractivity contribution is 8.00. The zero-order chi connectivity index (χ0) is 60.4. The number of rotatable bonds is 29. The number of hydrogen-bond acceptors (Lipinski definition) is 20. The summed E-state index contributed by atoms with van der Waals surface area (Å²) < 4.78 is 31.9. The minimum absolute atomic E-state index is 0.00345. The van der Waals surface area contributed by atoms with Crippen LogP contribution < -0.4 is 36.9 Å². The largest absolute Gasteiger partial charge is 0.494 e. The molecule has 0 aliphatic carbocycles. The minimum Gasteiger partial charge on any atom is -0.494 e. The number of nitrogens with two attached hydrogens (primary N) is 2. The quantitative estimate of drug-likeness (QED) is 0.0168. The zero-order valence-electron chi connectivity index (χ0n) is 46.4. The molecule has 28 nitrogen and oxygen atoms in total. The summed E-state index contributed by atoms with van der Waals surface area (Å²) in [4.78, 5) is 147. The van der Waals surface area contributed by atoms with E-state index in [-0.39, 0.29) is 120 Å². The van der Waals surface area contributed by atoms with E-state index in [0.29, 0.717) is 29.7 Å². The van der Waals surface area contributed by atoms with Gasteiger partial charge < -0.3 is 54.1 Å². The number of aryl methyl sites for hydroxylation is 4. The van der Waals surface area contributed by atoms with E-state index in [1.807, 2.05) is 6.92 Å². The van der Waals surface area contributed by atoms with Crippen molar-refractivity contribution in [1.82, 2.24) is 39.3 Å². The molecule has 440 valence electrons. The van der Waals surface area contributed by atoms with E-state index in [1.54, 1.807) is 48.3 Å². The number of allylic oxidation sites excluding steroid dienone is 2. The van der Waals surface area contributed by atoms with Crippen molar-refractivity contribution in [3.8, 4) is 11.5 Å². The molecule has 2 aromatic carbocycles. The number of carbonyl (C=O) groups is 10. The number of Topliss-reactive ketones (excluding diaryl/α,β-unsaturated/α-hetero) is 1. The number of aromatic nitrogens is 6. The average Bonchev–Trinajstić information content (AvgIpc) is 2.76. The van der Waals surface area contributed by atoms with E-state index in [4.69, 9.17) is 34.5 Å². The number of hydrogen-bond donors (Lipinski definition) is 6. The van der Waals surface area contributed by atoms with Crippen molar-refractivity contribution in [3.63, 3.8) is 0 Å². The van der Waals surface area contributed by atoms with Crippen molar-refractivity contribution in [2.45, 2.75) is 104 Å². The molecule has 1 saturated heterocycles. The molecule has 5 heterocycles. The number of primary amides is 2. The Balaban J connectivity index is 1.11. The van der Waals surface area contributed by atoms with E-state index >= 15 is 0 Å². The molecule has 0 radical (unpaired) electrons. The number of methoxy groups -OCH3 is 1. The van der Waals surface area contributed by atoms with Crippen LogP contribution in [0.25, 0.3) is 22.1 Å². The van der Waals surface area contributed by atoms with Crippen molar-refractivity contribution >= 4 is 105 Å². The first kappa shape index (κ1) is 61.2. The number of likely N-dealkylation sites (tertiary alicyclic amines) is 1. The van der Waals surface area contributed by atoms with Crippen molar-refractivity contribution in [1.29, 1.82) is 0 Å². The van der Waals surface area contributed by atoms with E-state index in [1.165, 1.54) is 38.3 Å². The average molecular weight is 1170 g/mol. The smallest absolute Gasteiger partial charge is 0.309 e. The van der Waals surface area contributed by atoms with Crippen LogP contribution in [0.5, 0.6) is 11.5 Å². The molecule has 8 N–H and O–H groups in total. The summed E-state index contributed by atoms with van der Waals surface area (Å²) in [7, 11) is 1.40. The van der Waals surface area contributed by atoms with E-state index in [0.717, 1.165) is 16.7 Å². The number of benzene rings is 2. The van der Waals surface area contributed by atoms with Gasteiger partial charge in [-0.1, -0.05) is 32.9 Å². The number of aliphatic carboxylic acids is 1. The minimum atomic E-state index is -1.35. The monoisotopic (exact) mass is 1170 g/mol. The third kappa shape index (κ3) is 14.4. The van der Waals surface area contributed by atoms with E-state index < -0.39 is 95.7 Å². The second-order valence-corrected chi connectivity index (χ2v) is 20.1. The lowest BCUT2D eigenvalue weighted by Crippen LogP contribution is -2.47. The maximum Gasteiger partial charge on any atom is 0.309 e. The standard InChI is InChI=1S/C54H62N12O16S/c1-8-31-45(81-27(4)57-31)49(74)62-53-60-34-20-29(47(55)72)22-37(78-6)43(34)64(53)15-10-11-16-65-44-35(61-54(65)63-50(75)46-32(9-2)58-28(5)82-46)21-30(48(56)73)23-38(44)79-17-12-18-80-52(77)26(3)19-36(67)33(13-14-42(70)71)59-40(68)25-66-41(69)24-39(83-7)51(66)76/h10-11,20-23,26,33,39H,8-9,12-19,24-25H2,1-7H3,(H2,55,72)(H2,56,73)(H,59,68)(H,70,71)(H,60,62,74)(H,61,63,75)/b11-10+/t26-,33-,39?/m0/s1. The van der Waals surface area contributed by atoms with Gasteiger partial charge >= 0.3 is 11.9 Å².